The van der Waals surface area contributed by atoms with Gasteiger partial charge in [0.05, 0.1) is 18.9 Å². The number of nitrogens with zero attached hydrogens (tertiary/aromatic N) is 4. The third-order valence-corrected chi connectivity index (χ3v) is 8.18. The van der Waals surface area contributed by atoms with Crippen molar-refractivity contribution in [2.45, 2.75) is 49.2 Å². The molecular weight excluding hydrogens is 384 g/mol. The molecule has 2 heterocycles. The number of piperazine rings is 1. The largest absolute Gasteiger partial charge is 0.415 e. The fraction of sp³-hybridized carbons (Fsp3) is 0.818. The molecular formula is C22H32N4O2S. The molecule has 0 atom stereocenters. The fourth-order valence-electron chi connectivity index (χ4n) is 6.48. The molecule has 7 heteroatoms. The molecule has 1 N–H and O–H groups in total. The molecule has 1 saturated heterocycles. The highest BCUT2D eigenvalue weighted by Gasteiger charge is 2.54. The number of thioether (sulfide) groups is 1. The summed E-state index contributed by atoms with van der Waals surface area (Å²) >= 11 is 1.57. The summed E-state index contributed by atoms with van der Waals surface area (Å²) in [5.41, 5.74) is 0.185. The highest BCUT2D eigenvalue weighted by Crippen LogP contribution is 2.60. The van der Waals surface area contributed by atoms with Gasteiger partial charge in [-0.15, -0.1) is 10.2 Å². The van der Waals surface area contributed by atoms with Crippen molar-refractivity contribution in [1.29, 1.82) is 0 Å². The molecule has 0 aromatic carbocycles. The Morgan fingerprint density at radius 3 is 2.28 bits per heavy atom. The maximum Gasteiger partial charge on any atom is 0.277 e. The maximum absolute atomic E-state index is 9.01. The Bertz CT molecular complexity index is 727. The molecule has 4 saturated carbocycles. The van der Waals surface area contributed by atoms with Crippen molar-refractivity contribution in [3.05, 3.63) is 5.89 Å². The number of β-amino-alcohol motifs (C(OH)–C–C–N with tert-alkyl or cyclic N) is 1. The van der Waals surface area contributed by atoms with Gasteiger partial charge in [0.1, 0.15) is 0 Å². The second-order valence-corrected chi connectivity index (χ2v) is 10.5. The van der Waals surface area contributed by atoms with Crippen LogP contribution in [-0.4, -0.2) is 76.7 Å². The molecule has 1 aliphatic heterocycles. The zero-order valence-electron chi connectivity index (χ0n) is 17.2. The molecule has 0 amide bonds. The smallest absolute Gasteiger partial charge is 0.277 e. The van der Waals surface area contributed by atoms with Crippen molar-refractivity contribution in [2.24, 2.45) is 17.8 Å². The van der Waals surface area contributed by atoms with Gasteiger partial charge in [-0.25, -0.2) is 0 Å². The van der Waals surface area contributed by atoms with Crippen molar-refractivity contribution >= 4 is 11.8 Å². The lowest BCUT2D eigenvalue weighted by molar-refractivity contribution is -0.0191. The lowest BCUT2D eigenvalue weighted by Gasteiger charge is -2.55. The Hall–Kier alpha value is -1.07. The topological polar surface area (TPSA) is 65.6 Å². The maximum atomic E-state index is 9.01. The van der Waals surface area contributed by atoms with Crippen molar-refractivity contribution in [3.8, 4) is 11.8 Å². The van der Waals surface area contributed by atoms with Crippen LogP contribution in [0.15, 0.2) is 9.64 Å². The summed E-state index contributed by atoms with van der Waals surface area (Å²) in [4.78, 5) is 4.68. The molecule has 0 radical (unpaired) electrons. The average molecular weight is 417 g/mol. The summed E-state index contributed by atoms with van der Waals surface area (Å²) < 4.78 is 6.14. The summed E-state index contributed by atoms with van der Waals surface area (Å²) in [6.45, 7) is 5.94. The van der Waals surface area contributed by atoms with E-state index in [2.05, 4.69) is 31.8 Å². The van der Waals surface area contributed by atoms with Crippen LogP contribution in [0.1, 0.15) is 44.4 Å². The second kappa shape index (κ2) is 8.58. The van der Waals surface area contributed by atoms with Gasteiger partial charge in [-0.1, -0.05) is 23.6 Å². The molecule has 4 bridgehead atoms. The molecule has 1 aromatic rings. The highest BCUT2D eigenvalue weighted by atomic mass is 32.2. The van der Waals surface area contributed by atoms with Crippen LogP contribution in [0.5, 0.6) is 0 Å². The minimum absolute atomic E-state index is 0.185. The van der Waals surface area contributed by atoms with Crippen LogP contribution in [-0.2, 0) is 5.41 Å². The SMILES string of the molecule is OCCN1CCN(CC#CCSc2nnc(C34CC5CC(CC(C5)C3)C4)o2)CC1. The van der Waals surface area contributed by atoms with E-state index in [4.69, 9.17) is 9.52 Å². The van der Waals surface area contributed by atoms with Crippen molar-refractivity contribution in [1.82, 2.24) is 20.0 Å². The van der Waals surface area contributed by atoms with Crippen LogP contribution in [0.4, 0.5) is 0 Å². The standard InChI is InChI=1S/C22H32N4O2S/c27-9-8-26-6-4-25(5-7-26)3-1-2-10-29-21-24-23-20(28-21)22-14-17-11-18(15-22)13-19(12-17)16-22/h17-19,27H,3-16H2. The van der Waals surface area contributed by atoms with Gasteiger partial charge in [-0.2, -0.15) is 0 Å². The zero-order valence-corrected chi connectivity index (χ0v) is 18.0. The van der Waals surface area contributed by atoms with E-state index in [1.807, 2.05) is 0 Å². The van der Waals surface area contributed by atoms with Crippen LogP contribution in [0.3, 0.4) is 0 Å². The van der Waals surface area contributed by atoms with E-state index in [-0.39, 0.29) is 12.0 Å². The molecule has 158 valence electrons. The summed E-state index contributed by atoms with van der Waals surface area (Å²) in [5, 5.41) is 18.5. The van der Waals surface area contributed by atoms with E-state index < -0.39 is 0 Å². The van der Waals surface area contributed by atoms with Crippen molar-refractivity contribution < 1.29 is 9.52 Å². The second-order valence-electron chi connectivity index (χ2n) is 9.55. The molecule has 6 nitrogen and oxygen atoms in total. The van der Waals surface area contributed by atoms with Gasteiger partial charge in [0, 0.05) is 38.1 Å². The molecule has 29 heavy (non-hydrogen) atoms. The molecule has 0 spiro atoms. The lowest BCUT2D eigenvalue weighted by Crippen LogP contribution is -2.48. The first-order valence-electron chi connectivity index (χ1n) is 11.2. The average Bonchev–Trinajstić information content (AvgIpc) is 3.18. The van der Waals surface area contributed by atoms with Gasteiger partial charge in [0.2, 0.25) is 5.89 Å². The van der Waals surface area contributed by atoms with Crippen molar-refractivity contribution in [3.63, 3.8) is 0 Å². The first-order chi connectivity index (χ1) is 14.2. The number of aliphatic hydroxyl groups is 1. The van der Waals surface area contributed by atoms with Gasteiger partial charge in [0.15, 0.2) is 0 Å². The van der Waals surface area contributed by atoms with Gasteiger partial charge in [-0.05, 0) is 56.3 Å². The molecule has 5 aliphatic rings. The number of aliphatic hydroxyl groups excluding tert-OH is 1. The third kappa shape index (κ3) is 4.36. The third-order valence-electron chi connectivity index (χ3n) is 7.47. The van der Waals surface area contributed by atoms with Crippen LogP contribution >= 0.6 is 11.8 Å². The van der Waals surface area contributed by atoms with Crippen LogP contribution < -0.4 is 0 Å². The van der Waals surface area contributed by atoms with E-state index in [1.54, 1.807) is 11.8 Å². The Labute approximate surface area is 177 Å². The Kier molecular flexibility index (Phi) is 5.88. The molecule has 6 rings (SSSR count). The summed E-state index contributed by atoms with van der Waals surface area (Å²) in [6, 6.07) is 0. The number of rotatable bonds is 6. The Morgan fingerprint density at radius 2 is 1.62 bits per heavy atom. The van der Waals surface area contributed by atoms with Crippen LogP contribution in [0.2, 0.25) is 0 Å². The molecule has 4 aliphatic carbocycles. The number of aromatic nitrogens is 2. The minimum atomic E-state index is 0.185. The zero-order chi connectivity index (χ0) is 19.7. The molecule has 1 aromatic heterocycles. The van der Waals surface area contributed by atoms with E-state index >= 15 is 0 Å². The Morgan fingerprint density at radius 1 is 0.966 bits per heavy atom. The summed E-state index contributed by atoms with van der Waals surface area (Å²) in [5.74, 6) is 10.8. The monoisotopic (exact) mass is 416 g/mol. The van der Waals surface area contributed by atoms with E-state index in [9.17, 15) is 0 Å². The summed E-state index contributed by atoms with van der Waals surface area (Å²) in [6.07, 6.45) is 8.08. The van der Waals surface area contributed by atoms with E-state index in [0.717, 1.165) is 62.9 Å². The quantitative estimate of drug-likeness (QED) is 0.564. The van der Waals surface area contributed by atoms with E-state index in [1.165, 1.54) is 38.5 Å². The Balaban J connectivity index is 1.09. The number of hydrogen-bond acceptors (Lipinski definition) is 7. The molecule has 5 fully saturated rings. The minimum Gasteiger partial charge on any atom is -0.415 e. The highest BCUT2D eigenvalue weighted by molar-refractivity contribution is 7.99. The van der Waals surface area contributed by atoms with Gasteiger partial charge >= 0.3 is 0 Å². The first kappa shape index (κ1) is 19.9. The molecule has 0 unspecified atom stereocenters. The first-order valence-corrected chi connectivity index (χ1v) is 12.2. The van der Waals surface area contributed by atoms with Gasteiger partial charge in [-0.3, -0.25) is 9.80 Å². The van der Waals surface area contributed by atoms with Crippen LogP contribution in [0, 0.1) is 29.6 Å². The normalized spacial score (nSPS) is 34.3. The van der Waals surface area contributed by atoms with Crippen molar-refractivity contribution in [2.75, 3.05) is 51.6 Å². The van der Waals surface area contributed by atoms with Gasteiger partial charge < -0.3 is 9.52 Å². The predicted octanol–water partition coefficient (Wildman–Crippen LogP) is 2.24. The van der Waals surface area contributed by atoms with E-state index in [0.29, 0.717) is 11.0 Å². The predicted molar refractivity (Wildman–Crippen MR) is 113 cm³/mol. The lowest BCUT2D eigenvalue weighted by atomic mass is 9.49. The van der Waals surface area contributed by atoms with Crippen LogP contribution in [0.25, 0.3) is 0 Å². The summed E-state index contributed by atoms with van der Waals surface area (Å²) in [7, 11) is 0. The fourth-order valence-corrected chi connectivity index (χ4v) is 7.02. The number of hydrogen-bond donors (Lipinski definition) is 1. The van der Waals surface area contributed by atoms with Gasteiger partial charge in [0.25, 0.3) is 5.22 Å².